The van der Waals surface area contributed by atoms with Crippen LogP contribution in [0.3, 0.4) is 0 Å². The Kier molecular flexibility index (Phi) is 7.79. The van der Waals surface area contributed by atoms with Gasteiger partial charge in [-0.3, -0.25) is 34.3 Å². The first kappa shape index (κ1) is 25.0. The summed E-state index contributed by atoms with van der Waals surface area (Å²) >= 11 is 0. The van der Waals surface area contributed by atoms with E-state index in [1.165, 1.54) is 51.7 Å². The summed E-state index contributed by atoms with van der Waals surface area (Å²) in [5.74, 6) is -0.983. The largest absolute Gasteiger partial charge is 0.316 e. The van der Waals surface area contributed by atoms with Gasteiger partial charge in [0, 0.05) is 39.1 Å². The maximum atomic E-state index is 13.1. The molecule has 0 spiro atoms. The highest BCUT2D eigenvalue weighted by Crippen LogP contribution is 2.28. The third-order valence-corrected chi connectivity index (χ3v) is 8.11. The fourth-order valence-corrected chi connectivity index (χ4v) is 5.98. The highest BCUT2D eigenvalue weighted by atomic mass is 16.2. The summed E-state index contributed by atoms with van der Waals surface area (Å²) in [5.41, 5.74) is 1.69. The average Bonchev–Trinajstić information content (AvgIpc) is 3.13. The molecule has 1 aromatic rings. The summed E-state index contributed by atoms with van der Waals surface area (Å²) in [7, 11) is 0. The van der Waals surface area contributed by atoms with E-state index in [1.54, 1.807) is 12.1 Å². The zero-order chi connectivity index (χ0) is 25.1. The van der Waals surface area contributed by atoms with Crippen molar-refractivity contribution in [2.75, 3.05) is 45.8 Å². The van der Waals surface area contributed by atoms with Crippen LogP contribution in [0, 0.1) is 5.92 Å². The highest BCUT2D eigenvalue weighted by molar-refractivity contribution is 6.23. The molecule has 0 radical (unpaired) electrons. The SMILES string of the molecule is O=C1CCC(N2C(=O)c3ccc(CN4CCN(CCCCC5CCCNC5)CC4)cc3C2=O)C(=O)N1. The van der Waals surface area contributed by atoms with E-state index in [1.807, 2.05) is 6.07 Å². The number of unbranched alkanes of at least 4 members (excludes halogenated alkanes) is 1. The standard InChI is InChI=1S/C27H37N5O4/c33-24-9-8-23(25(34)29-24)32-26(35)21-7-6-20(16-22(21)27(32)36)18-31-14-12-30(13-15-31)11-2-1-4-19-5-3-10-28-17-19/h6-7,16,19,23,28H,1-5,8-15,17-18H2,(H,29,33,34). The molecule has 36 heavy (non-hydrogen) atoms. The first-order valence-electron chi connectivity index (χ1n) is 13.5. The summed E-state index contributed by atoms with van der Waals surface area (Å²) in [6.45, 7) is 8.35. The molecule has 4 aliphatic rings. The van der Waals surface area contributed by atoms with Gasteiger partial charge >= 0.3 is 0 Å². The van der Waals surface area contributed by atoms with Crippen LogP contribution in [-0.2, 0) is 16.1 Å². The molecule has 0 aromatic heterocycles. The van der Waals surface area contributed by atoms with Gasteiger partial charge in [-0.25, -0.2) is 0 Å². The van der Waals surface area contributed by atoms with E-state index >= 15 is 0 Å². The van der Waals surface area contributed by atoms with Crippen LogP contribution in [0.4, 0.5) is 0 Å². The van der Waals surface area contributed by atoms with Gasteiger partial charge in [-0.05, 0) is 75.4 Å². The van der Waals surface area contributed by atoms with Crippen molar-refractivity contribution in [1.82, 2.24) is 25.3 Å². The lowest BCUT2D eigenvalue weighted by molar-refractivity contribution is -0.136. The van der Waals surface area contributed by atoms with Crippen molar-refractivity contribution in [3.8, 4) is 0 Å². The minimum atomic E-state index is -0.925. The Morgan fingerprint density at radius 1 is 0.889 bits per heavy atom. The van der Waals surface area contributed by atoms with Crippen molar-refractivity contribution in [3.05, 3.63) is 34.9 Å². The van der Waals surface area contributed by atoms with E-state index in [0.717, 1.165) is 49.1 Å². The van der Waals surface area contributed by atoms with Gasteiger partial charge in [-0.15, -0.1) is 0 Å². The minimum absolute atomic E-state index is 0.124. The topological polar surface area (TPSA) is 102 Å². The van der Waals surface area contributed by atoms with E-state index in [-0.39, 0.29) is 18.7 Å². The second-order valence-electron chi connectivity index (χ2n) is 10.7. The molecule has 3 fully saturated rings. The van der Waals surface area contributed by atoms with E-state index in [2.05, 4.69) is 20.4 Å². The predicted octanol–water partition coefficient (Wildman–Crippen LogP) is 1.38. The van der Waals surface area contributed by atoms with Crippen LogP contribution >= 0.6 is 0 Å². The van der Waals surface area contributed by atoms with Crippen molar-refractivity contribution < 1.29 is 19.2 Å². The summed E-state index contributed by atoms with van der Waals surface area (Å²) in [4.78, 5) is 55.6. The normalized spacial score (nSPS) is 25.8. The smallest absolute Gasteiger partial charge is 0.262 e. The van der Waals surface area contributed by atoms with Gasteiger partial charge in [0.05, 0.1) is 11.1 Å². The predicted molar refractivity (Wildman–Crippen MR) is 134 cm³/mol. The van der Waals surface area contributed by atoms with Gasteiger partial charge in [0.2, 0.25) is 11.8 Å². The van der Waals surface area contributed by atoms with E-state index in [9.17, 15) is 19.2 Å². The van der Waals surface area contributed by atoms with Crippen molar-refractivity contribution in [2.45, 2.75) is 57.5 Å². The molecule has 9 nitrogen and oxygen atoms in total. The number of carbonyl (C=O) groups is 4. The maximum Gasteiger partial charge on any atom is 0.262 e. The van der Waals surface area contributed by atoms with Gasteiger partial charge in [0.1, 0.15) is 6.04 Å². The number of imide groups is 2. The van der Waals surface area contributed by atoms with Crippen molar-refractivity contribution >= 4 is 23.6 Å². The number of piperidine rings is 2. The Hall–Kier alpha value is -2.62. The fourth-order valence-electron chi connectivity index (χ4n) is 5.98. The van der Waals surface area contributed by atoms with Crippen LogP contribution in [0.5, 0.6) is 0 Å². The van der Waals surface area contributed by atoms with Crippen molar-refractivity contribution in [3.63, 3.8) is 0 Å². The first-order chi connectivity index (χ1) is 17.5. The number of fused-ring (bicyclic) bond motifs is 1. The molecule has 0 bridgehead atoms. The number of hydrogen-bond donors (Lipinski definition) is 2. The zero-order valence-electron chi connectivity index (χ0n) is 21.0. The molecule has 2 N–H and O–H groups in total. The Labute approximate surface area is 212 Å². The number of hydrogen-bond acceptors (Lipinski definition) is 7. The van der Waals surface area contributed by atoms with Gasteiger partial charge < -0.3 is 10.2 Å². The number of benzene rings is 1. The third kappa shape index (κ3) is 5.53. The van der Waals surface area contributed by atoms with Crippen molar-refractivity contribution in [1.29, 1.82) is 0 Å². The molecule has 3 saturated heterocycles. The summed E-state index contributed by atoms with van der Waals surface area (Å²) < 4.78 is 0. The number of amides is 4. The number of rotatable bonds is 8. The molecule has 9 heteroatoms. The van der Waals surface area contributed by atoms with Gasteiger partial charge in [-0.2, -0.15) is 0 Å². The molecule has 5 rings (SSSR count). The van der Waals surface area contributed by atoms with Crippen molar-refractivity contribution in [2.24, 2.45) is 5.92 Å². The Morgan fingerprint density at radius 2 is 1.67 bits per heavy atom. The van der Waals surface area contributed by atoms with Crippen LogP contribution < -0.4 is 10.6 Å². The number of nitrogens with zero attached hydrogens (tertiary/aromatic N) is 3. The highest BCUT2D eigenvalue weighted by Gasteiger charge is 2.44. The van der Waals surface area contributed by atoms with E-state index in [0.29, 0.717) is 11.1 Å². The summed E-state index contributed by atoms with van der Waals surface area (Å²) in [5, 5.41) is 5.74. The monoisotopic (exact) mass is 495 g/mol. The lowest BCUT2D eigenvalue weighted by Crippen LogP contribution is -2.54. The lowest BCUT2D eigenvalue weighted by atomic mass is 9.94. The van der Waals surface area contributed by atoms with Crippen LogP contribution in [0.2, 0.25) is 0 Å². The second-order valence-corrected chi connectivity index (χ2v) is 10.7. The number of carbonyl (C=O) groups excluding carboxylic acids is 4. The number of nitrogens with one attached hydrogen (secondary N) is 2. The molecule has 4 heterocycles. The van der Waals surface area contributed by atoms with Crippen LogP contribution in [-0.4, -0.2) is 90.2 Å². The molecule has 2 unspecified atom stereocenters. The van der Waals surface area contributed by atoms with Crippen LogP contribution in [0.1, 0.15) is 71.2 Å². The molecule has 0 saturated carbocycles. The maximum absolute atomic E-state index is 13.1. The molecular weight excluding hydrogens is 458 g/mol. The third-order valence-electron chi connectivity index (χ3n) is 8.11. The summed E-state index contributed by atoms with van der Waals surface area (Å²) in [6.07, 6.45) is 6.91. The second kappa shape index (κ2) is 11.2. The molecule has 194 valence electrons. The average molecular weight is 496 g/mol. The Morgan fingerprint density at radius 3 is 2.42 bits per heavy atom. The molecule has 4 aliphatic heterocycles. The first-order valence-corrected chi connectivity index (χ1v) is 13.5. The molecular formula is C27H37N5O4. The molecule has 1 aromatic carbocycles. The number of piperazine rings is 1. The van der Waals surface area contributed by atoms with Crippen LogP contribution in [0.15, 0.2) is 18.2 Å². The van der Waals surface area contributed by atoms with E-state index < -0.39 is 23.8 Å². The zero-order valence-corrected chi connectivity index (χ0v) is 21.0. The van der Waals surface area contributed by atoms with Gasteiger partial charge in [-0.1, -0.05) is 12.5 Å². The minimum Gasteiger partial charge on any atom is -0.316 e. The molecule has 0 aliphatic carbocycles. The van der Waals surface area contributed by atoms with Crippen LogP contribution in [0.25, 0.3) is 0 Å². The Balaban J connectivity index is 1.09. The molecule has 4 amide bonds. The lowest BCUT2D eigenvalue weighted by Gasteiger charge is -2.35. The van der Waals surface area contributed by atoms with Gasteiger partial charge in [0.15, 0.2) is 0 Å². The summed E-state index contributed by atoms with van der Waals surface area (Å²) in [6, 6.07) is 4.48. The Bertz CT molecular complexity index is 1010. The molecule has 2 atom stereocenters. The van der Waals surface area contributed by atoms with Gasteiger partial charge in [0.25, 0.3) is 11.8 Å². The van der Waals surface area contributed by atoms with E-state index in [4.69, 9.17) is 0 Å². The fraction of sp³-hybridized carbons (Fsp3) is 0.630. The quantitative estimate of drug-likeness (QED) is 0.415.